The van der Waals surface area contributed by atoms with Gasteiger partial charge in [0.05, 0.1) is 22.4 Å². The normalized spacial score (nSPS) is 13.0. The van der Waals surface area contributed by atoms with Gasteiger partial charge >= 0.3 is 0 Å². The number of aryl methyl sites for hydroxylation is 1. The predicted molar refractivity (Wildman–Crippen MR) is 75.0 cm³/mol. The Morgan fingerprint density at radius 2 is 2.38 bits per heavy atom. The molecule has 3 nitrogen and oxygen atoms in total. The van der Waals surface area contributed by atoms with Crippen LogP contribution in [-0.4, -0.2) is 28.8 Å². The van der Waals surface area contributed by atoms with E-state index in [4.69, 9.17) is 0 Å². The van der Waals surface area contributed by atoms with Crippen molar-refractivity contribution in [3.63, 3.8) is 0 Å². The zero-order valence-electron chi connectivity index (χ0n) is 10.2. The standard InChI is InChI=1S/C11H20BrN3S/c1-4-6-15-11(9(12)8-14-15)10(13-2)5-7-16-3/h8,10,13H,4-7H2,1-3H3. The van der Waals surface area contributed by atoms with Gasteiger partial charge in [0.25, 0.3) is 0 Å². The molecule has 0 aromatic carbocycles. The first kappa shape index (κ1) is 14.1. The molecule has 1 aromatic heterocycles. The van der Waals surface area contributed by atoms with Crippen molar-refractivity contribution in [2.24, 2.45) is 0 Å². The fraction of sp³-hybridized carbons (Fsp3) is 0.727. The Bertz CT molecular complexity index is 314. The summed E-state index contributed by atoms with van der Waals surface area (Å²) in [5.41, 5.74) is 1.28. The van der Waals surface area contributed by atoms with E-state index in [1.165, 1.54) is 5.69 Å². The van der Waals surface area contributed by atoms with Crippen LogP contribution < -0.4 is 5.32 Å². The second-order valence-corrected chi connectivity index (χ2v) is 5.56. The van der Waals surface area contributed by atoms with Gasteiger partial charge in [-0.2, -0.15) is 16.9 Å². The van der Waals surface area contributed by atoms with Crippen molar-refractivity contribution in [2.45, 2.75) is 32.4 Å². The predicted octanol–water partition coefficient (Wildman–Crippen LogP) is 3.07. The molecule has 0 amide bonds. The van der Waals surface area contributed by atoms with Crippen LogP contribution in [0.4, 0.5) is 0 Å². The lowest BCUT2D eigenvalue weighted by atomic mass is 10.1. The smallest absolute Gasteiger partial charge is 0.0695 e. The van der Waals surface area contributed by atoms with Crippen LogP contribution in [-0.2, 0) is 6.54 Å². The molecule has 0 bridgehead atoms. The Balaban J connectivity index is 2.84. The third kappa shape index (κ3) is 3.50. The first-order chi connectivity index (χ1) is 7.74. The molecule has 1 heterocycles. The SMILES string of the molecule is CCCn1ncc(Br)c1C(CCSC)NC. The number of nitrogens with one attached hydrogen (secondary N) is 1. The Morgan fingerprint density at radius 1 is 1.62 bits per heavy atom. The van der Waals surface area contributed by atoms with Crippen molar-refractivity contribution >= 4 is 27.7 Å². The average Bonchev–Trinajstić information content (AvgIpc) is 2.63. The highest BCUT2D eigenvalue weighted by Gasteiger charge is 2.17. The van der Waals surface area contributed by atoms with Crippen molar-refractivity contribution in [3.05, 3.63) is 16.4 Å². The first-order valence-corrected chi connectivity index (χ1v) is 7.80. The summed E-state index contributed by atoms with van der Waals surface area (Å²) in [6, 6.07) is 0.385. The zero-order chi connectivity index (χ0) is 12.0. The molecule has 1 unspecified atom stereocenters. The van der Waals surface area contributed by atoms with E-state index in [1.54, 1.807) is 0 Å². The van der Waals surface area contributed by atoms with E-state index in [9.17, 15) is 0 Å². The van der Waals surface area contributed by atoms with Crippen LogP contribution in [0.15, 0.2) is 10.7 Å². The van der Waals surface area contributed by atoms with Crippen molar-refractivity contribution < 1.29 is 0 Å². The van der Waals surface area contributed by atoms with Crippen LogP contribution in [0.25, 0.3) is 0 Å². The number of aromatic nitrogens is 2. The van der Waals surface area contributed by atoms with E-state index in [2.05, 4.69) is 44.2 Å². The molecule has 0 aliphatic carbocycles. The van der Waals surface area contributed by atoms with Gasteiger partial charge in [-0.05, 0) is 47.8 Å². The maximum Gasteiger partial charge on any atom is 0.0695 e. The van der Waals surface area contributed by atoms with Crippen LogP contribution >= 0.6 is 27.7 Å². The highest BCUT2D eigenvalue weighted by atomic mass is 79.9. The minimum Gasteiger partial charge on any atom is -0.312 e. The van der Waals surface area contributed by atoms with Crippen LogP contribution in [0.3, 0.4) is 0 Å². The van der Waals surface area contributed by atoms with E-state index in [1.807, 2.05) is 25.0 Å². The molecular weight excluding hydrogens is 286 g/mol. The van der Waals surface area contributed by atoms with Crippen LogP contribution in [0.1, 0.15) is 31.5 Å². The molecule has 0 aliphatic rings. The molecule has 5 heteroatoms. The second kappa shape index (κ2) is 7.35. The lowest BCUT2D eigenvalue weighted by Crippen LogP contribution is -2.21. The molecule has 92 valence electrons. The van der Waals surface area contributed by atoms with Gasteiger partial charge in [0.1, 0.15) is 0 Å². The molecule has 0 spiro atoms. The van der Waals surface area contributed by atoms with Gasteiger partial charge in [0.2, 0.25) is 0 Å². The molecule has 0 saturated carbocycles. The maximum atomic E-state index is 4.41. The number of halogens is 1. The van der Waals surface area contributed by atoms with Crippen molar-refractivity contribution in [3.8, 4) is 0 Å². The topological polar surface area (TPSA) is 29.9 Å². The van der Waals surface area contributed by atoms with Gasteiger partial charge in [0, 0.05) is 6.54 Å². The molecule has 1 rings (SSSR count). The monoisotopic (exact) mass is 305 g/mol. The molecule has 1 atom stereocenters. The van der Waals surface area contributed by atoms with Crippen molar-refractivity contribution in [1.29, 1.82) is 0 Å². The Kier molecular flexibility index (Phi) is 6.46. The van der Waals surface area contributed by atoms with Crippen LogP contribution in [0, 0.1) is 0 Å². The molecule has 0 fully saturated rings. The summed E-state index contributed by atoms with van der Waals surface area (Å²) in [4.78, 5) is 0. The number of thioether (sulfide) groups is 1. The molecule has 16 heavy (non-hydrogen) atoms. The molecule has 1 N–H and O–H groups in total. The summed E-state index contributed by atoms with van der Waals surface area (Å²) in [5.74, 6) is 1.16. The summed E-state index contributed by atoms with van der Waals surface area (Å²) < 4.78 is 3.22. The van der Waals surface area contributed by atoms with E-state index in [0.29, 0.717) is 6.04 Å². The Hall–Kier alpha value is -0.0000000000000000763. The average molecular weight is 306 g/mol. The summed E-state index contributed by atoms with van der Waals surface area (Å²) >= 11 is 5.47. The highest BCUT2D eigenvalue weighted by molar-refractivity contribution is 9.10. The first-order valence-electron chi connectivity index (χ1n) is 5.62. The van der Waals surface area contributed by atoms with Crippen molar-refractivity contribution in [2.75, 3.05) is 19.1 Å². The number of rotatable bonds is 7. The lowest BCUT2D eigenvalue weighted by molar-refractivity contribution is 0.490. The summed E-state index contributed by atoms with van der Waals surface area (Å²) in [6.45, 7) is 3.16. The van der Waals surface area contributed by atoms with Gasteiger partial charge in [-0.1, -0.05) is 6.92 Å². The minimum atomic E-state index is 0.385. The number of hydrogen-bond acceptors (Lipinski definition) is 3. The highest BCUT2D eigenvalue weighted by Crippen LogP contribution is 2.26. The Morgan fingerprint density at radius 3 is 2.94 bits per heavy atom. The molecule has 0 radical (unpaired) electrons. The van der Waals surface area contributed by atoms with Crippen molar-refractivity contribution in [1.82, 2.24) is 15.1 Å². The molecule has 1 aromatic rings. The number of nitrogens with zero attached hydrogens (tertiary/aromatic N) is 2. The zero-order valence-corrected chi connectivity index (χ0v) is 12.6. The maximum absolute atomic E-state index is 4.41. The van der Waals surface area contributed by atoms with E-state index in [0.717, 1.165) is 29.6 Å². The van der Waals surface area contributed by atoms with E-state index < -0.39 is 0 Å². The molecule has 0 saturated heterocycles. The van der Waals surface area contributed by atoms with Gasteiger partial charge < -0.3 is 5.32 Å². The quantitative estimate of drug-likeness (QED) is 0.839. The Labute approximate surface area is 110 Å². The largest absolute Gasteiger partial charge is 0.312 e. The van der Waals surface area contributed by atoms with Gasteiger partial charge in [-0.3, -0.25) is 4.68 Å². The molecular formula is C11H20BrN3S. The number of hydrogen-bond donors (Lipinski definition) is 1. The fourth-order valence-electron chi connectivity index (χ4n) is 1.76. The molecule has 0 aliphatic heterocycles. The van der Waals surface area contributed by atoms with E-state index in [-0.39, 0.29) is 0 Å². The van der Waals surface area contributed by atoms with Crippen LogP contribution in [0.2, 0.25) is 0 Å². The lowest BCUT2D eigenvalue weighted by Gasteiger charge is -2.18. The van der Waals surface area contributed by atoms with Gasteiger partial charge in [-0.15, -0.1) is 0 Å². The summed E-state index contributed by atoms with van der Waals surface area (Å²) in [6.07, 6.45) is 6.28. The van der Waals surface area contributed by atoms with Crippen LogP contribution in [0.5, 0.6) is 0 Å². The minimum absolute atomic E-state index is 0.385. The van der Waals surface area contributed by atoms with Gasteiger partial charge in [-0.25, -0.2) is 0 Å². The third-order valence-corrected chi connectivity index (χ3v) is 3.81. The van der Waals surface area contributed by atoms with Gasteiger partial charge in [0.15, 0.2) is 0 Å². The van der Waals surface area contributed by atoms with E-state index >= 15 is 0 Å². The summed E-state index contributed by atoms with van der Waals surface area (Å²) in [5, 5.41) is 7.78. The third-order valence-electron chi connectivity index (χ3n) is 2.56. The summed E-state index contributed by atoms with van der Waals surface area (Å²) in [7, 11) is 2.01. The second-order valence-electron chi connectivity index (χ2n) is 3.72. The fourth-order valence-corrected chi connectivity index (χ4v) is 2.81.